The van der Waals surface area contributed by atoms with Crippen LogP contribution in [0.1, 0.15) is 42.3 Å². The Labute approximate surface area is 121 Å². The standard InChI is InChI=1S/C17H25N3/c18-17(16-12-19-7-9-20(16)10-8-19)15-6-2-5-14(11-15)13-3-1-4-13/h2,5-6,11,13,16-17H,1,3-4,7-10,12,18H2. The fourth-order valence-electron chi connectivity index (χ4n) is 3.98. The van der Waals surface area contributed by atoms with Gasteiger partial charge >= 0.3 is 0 Å². The Balaban J connectivity index is 1.54. The molecule has 3 heteroatoms. The zero-order valence-electron chi connectivity index (χ0n) is 12.2. The summed E-state index contributed by atoms with van der Waals surface area (Å²) >= 11 is 0. The highest BCUT2D eigenvalue weighted by atomic mass is 15.3. The number of benzene rings is 1. The van der Waals surface area contributed by atoms with E-state index in [0.717, 1.165) is 12.5 Å². The highest BCUT2D eigenvalue weighted by molar-refractivity contribution is 5.30. The monoisotopic (exact) mass is 271 g/mol. The number of nitrogens with two attached hydrogens (primary N) is 1. The van der Waals surface area contributed by atoms with Crippen LogP contribution in [0.15, 0.2) is 24.3 Å². The number of hydrogen-bond donors (Lipinski definition) is 1. The van der Waals surface area contributed by atoms with Crippen molar-refractivity contribution in [3.05, 3.63) is 35.4 Å². The zero-order valence-corrected chi connectivity index (χ0v) is 12.2. The molecule has 20 heavy (non-hydrogen) atoms. The molecule has 1 aromatic carbocycles. The minimum atomic E-state index is 0.165. The molecule has 3 aliphatic heterocycles. The number of nitrogens with zero attached hydrogens (tertiary/aromatic N) is 2. The van der Waals surface area contributed by atoms with Crippen LogP contribution in [-0.4, -0.2) is 48.6 Å². The molecular weight excluding hydrogens is 246 g/mol. The lowest BCUT2D eigenvalue weighted by Gasteiger charge is -2.49. The van der Waals surface area contributed by atoms with Gasteiger partial charge in [0.2, 0.25) is 0 Å². The third kappa shape index (κ3) is 2.18. The van der Waals surface area contributed by atoms with Crippen molar-refractivity contribution in [3.63, 3.8) is 0 Å². The van der Waals surface area contributed by atoms with E-state index in [2.05, 4.69) is 34.1 Å². The van der Waals surface area contributed by atoms with Gasteiger partial charge in [-0.15, -0.1) is 0 Å². The molecule has 5 rings (SSSR count). The maximum absolute atomic E-state index is 6.62. The van der Waals surface area contributed by atoms with Crippen molar-refractivity contribution >= 4 is 0 Å². The molecule has 3 nitrogen and oxygen atoms in total. The van der Waals surface area contributed by atoms with Crippen molar-refractivity contribution in [3.8, 4) is 0 Å². The van der Waals surface area contributed by atoms with Crippen LogP contribution in [0.2, 0.25) is 0 Å². The Morgan fingerprint density at radius 1 is 1.10 bits per heavy atom. The van der Waals surface area contributed by atoms with Gasteiger partial charge in [0, 0.05) is 44.8 Å². The molecule has 2 unspecified atom stereocenters. The van der Waals surface area contributed by atoms with Crippen LogP contribution >= 0.6 is 0 Å². The Hall–Kier alpha value is -0.900. The SMILES string of the molecule is NC(c1cccc(C2CCC2)c1)C1CN2CCN1CC2. The van der Waals surface area contributed by atoms with E-state index in [-0.39, 0.29) is 6.04 Å². The molecule has 2 atom stereocenters. The van der Waals surface area contributed by atoms with Crippen molar-refractivity contribution in [2.75, 3.05) is 32.7 Å². The summed E-state index contributed by atoms with van der Waals surface area (Å²) in [5.41, 5.74) is 9.47. The molecule has 0 amide bonds. The van der Waals surface area contributed by atoms with Crippen molar-refractivity contribution in [2.24, 2.45) is 5.73 Å². The average molecular weight is 271 g/mol. The zero-order chi connectivity index (χ0) is 13.5. The number of hydrogen-bond acceptors (Lipinski definition) is 3. The lowest BCUT2D eigenvalue weighted by Crippen LogP contribution is -2.63. The lowest BCUT2D eigenvalue weighted by atomic mass is 9.79. The molecule has 2 N–H and O–H groups in total. The van der Waals surface area contributed by atoms with Gasteiger partial charge in [-0.25, -0.2) is 0 Å². The third-order valence-electron chi connectivity index (χ3n) is 5.61. The molecule has 4 aliphatic rings. The quantitative estimate of drug-likeness (QED) is 0.912. The molecule has 4 fully saturated rings. The van der Waals surface area contributed by atoms with Crippen molar-refractivity contribution in [1.82, 2.24) is 9.80 Å². The molecule has 3 saturated heterocycles. The first-order valence-electron chi connectivity index (χ1n) is 8.13. The molecule has 108 valence electrons. The van der Waals surface area contributed by atoms with E-state index < -0.39 is 0 Å². The van der Waals surface area contributed by atoms with E-state index >= 15 is 0 Å². The van der Waals surface area contributed by atoms with E-state index in [1.165, 1.54) is 56.6 Å². The summed E-state index contributed by atoms with van der Waals surface area (Å²) < 4.78 is 0. The Kier molecular flexibility index (Phi) is 3.29. The predicted molar refractivity (Wildman–Crippen MR) is 81.8 cm³/mol. The molecule has 0 aromatic heterocycles. The summed E-state index contributed by atoms with van der Waals surface area (Å²) in [6, 6.07) is 9.78. The van der Waals surface area contributed by atoms with E-state index in [1.54, 1.807) is 0 Å². The summed E-state index contributed by atoms with van der Waals surface area (Å²) in [6.45, 7) is 5.99. The molecule has 1 aliphatic carbocycles. The second-order valence-corrected chi connectivity index (χ2v) is 6.73. The second-order valence-electron chi connectivity index (χ2n) is 6.73. The Bertz CT molecular complexity index is 475. The average Bonchev–Trinajstić information content (AvgIpc) is 2.46. The number of rotatable bonds is 3. The summed E-state index contributed by atoms with van der Waals surface area (Å²) in [5, 5.41) is 0. The molecule has 3 heterocycles. The van der Waals surface area contributed by atoms with Gasteiger partial charge in [0.25, 0.3) is 0 Å². The van der Waals surface area contributed by atoms with Crippen LogP contribution in [0, 0.1) is 0 Å². The summed E-state index contributed by atoms with van der Waals surface area (Å²) in [5.74, 6) is 0.800. The van der Waals surface area contributed by atoms with E-state index in [4.69, 9.17) is 5.73 Å². The first-order chi connectivity index (χ1) is 9.81. The highest BCUT2D eigenvalue weighted by Crippen LogP contribution is 2.37. The van der Waals surface area contributed by atoms with Crippen LogP contribution < -0.4 is 5.73 Å². The topological polar surface area (TPSA) is 32.5 Å². The maximum atomic E-state index is 6.62. The van der Waals surface area contributed by atoms with Gasteiger partial charge in [0.05, 0.1) is 0 Å². The first-order valence-corrected chi connectivity index (χ1v) is 8.13. The lowest BCUT2D eigenvalue weighted by molar-refractivity contribution is 0.00213. The molecule has 0 spiro atoms. The van der Waals surface area contributed by atoms with Crippen molar-refractivity contribution < 1.29 is 0 Å². The van der Waals surface area contributed by atoms with E-state index in [1.807, 2.05) is 0 Å². The molecule has 0 radical (unpaired) electrons. The van der Waals surface area contributed by atoms with Crippen LogP contribution in [0.25, 0.3) is 0 Å². The minimum Gasteiger partial charge on any atom is -0.323 e. The van der Waals surface area contributed by atoms with Crippen LogP contribution in [-0.2, 0) is 0 Å². The van der Waals surface area contributed by atoms with Gasteiger partial charge in [0.1, 0.15) is 0 Å². The smallest absolute Gasteiger partial charge is 0.0465 e. The number of piperazine rings is 3. The minimum absolute atomic E-state index is 0.165. The molecule has 1 aromatic rings. The third-order valence-corrected chi connectivity index (χ3v) is 5.61. The van der Waals surface area contributed by atoms with Gasteiger partial charge in [-0.05, 0) is 29.9 Å². The maximum Gasteiger partial charge on any atom is 0.0465 e. The van der Waals surface area contributed by atoms with Crippen LogP contribution in [0.3, 0.4) is 0 Å². The van der Waals surface area contributed by atoms with Gasteiger partial charge < -0.3 is 5.73 Å². The summed E-state index contributed by atoms with van der Waals surface area (Å²) in [4.78, 5) is 5.17. The molecular formula is C17H25N3. The van der Waals surface area contributed by atoms with Crippen LogP contribution in [0.5, 0.6) is 0 Å². The van der Waals surface area contributed by atoms with Gasteiger partial charge in [-0.3, -0.25) is 9.80 Å². The highest BCUT2D eigenvalue weighted by Gasteiger charge is 2.36. The predicted octanol–water partition coefficient (Wildman–Crippen LogP) is 1.95. The summed E-state index contributed by atoms with van der Waals surface area (Å²) in [7, 11) is 0. The Morgan fingerprint density at radius 2 is 1.90 bits per heavy atom. The van der Waals surface area contributed by atoms with Gasteiger partial charge in [0.15, 0.2) is 0 Å². The fraction of sp³-hybridized carbons (Fsp3) is 0.647. The number of fused-ring (bicyclic) bond motifs is 3. The molecule has 2 bridgehead atoms. The van der Waals surface area contributed by atoms with Crippen LogP contribution in [0.4, 0.5) is 0 Å². The first kappa shape index (κ1) is 12.8. The Morgan fingerprint density at radius 3 is 2.50 bits per heavy atom. The molecule has 1 saturated carbocycles. The van der Waals surface area contributed by atoms with Gasteiger partial charge in [-0.2, -0.15) is 0 Å². The van der Waals surface area contributed by atoms with Crippen molar-refractivity contribution in [2.45, 2.75) is 37.3 Å². The normalized spacial score (nSPS) is 34.8. The largest absolute Gasteiger partial charge is 0.323 e. The van der Waals surface area contributed by atoms with Crippen molar-refractivity contribution in [1.29, 1.82) is 0 Å². The summed E-state index contributed by atoms with van der Waals surface area (Å²) in [6.07, 6.45) is 4.12. The second kappa shape index (κ2) is 5.14. The fourth-order valence-corrected chi connectivity index (χ4v) is 3.98. The van der Waals surface area contributed by atoms with E-state index in [0.29, 0.717) is 6.04 Å². The van der Waals surface area contributed by atoms with Gasteiger partial charge in [-0.1, -0.05) is 30.7 Å². The van der Waals surface area contributed by atoms with E-state index in [9.17, 15) is 0 Å².